The minimum Gasteiger partial charge on any atom is -0.379 e. The van der Waals surface area contributed by atoms with E-state index in [9.17, 15) is 13.2 Å². The summed E-state index contributed by atoms with van der Waals surface area (Å²) in [6.07, 6.45) is 1.59. The second-order valence-corrected chi connectivity index (χ2v) is 10.9. The van der Waals surface area contributed by atoms with Crippen molar-refractivity contribution < 1.29 is 22.7 Å². The number of carbonyl (C=O) groups is 1. The lowest BCUT2D eigenvalue weighted by Gasteiger charge is -2.30. The number of rotatable bonds is 12. The van der Waals surface area contributed by atoms with Crippen LogP contribution in [0.1, 0.15) is 25.1 Å². The number of methoxy groups -OCH3 is 1. The number of benzene rings is 1. The molecule has 0 spiro atoms. The number of sulfone groups is 1. The maximum absolute atomic E-state index is 13.3. The summed E-state index contributed by atoms with van der Waals surface area (Å²) >= 11 is 0. The van der Waals surface area contributed by atoms with Gasteiger partial charge < -0.3 is 18.9 Å². The smallest absolute Gasteiger partial charge is 0.248 e. The lowest BCUT2D eigenvalue weighted by Crippen LogP contribution is -2.43. The number of amides is 1. The summed E-state index contributed by atoms with van der Waals surface area (Å²) in [5.74, 6) is -0.0528. The molecular formula is C24H36N4O5S. The van der Waals surface area contributed by atoms with E-state index >= 15 is 0 Å². The number of nitrogens with zero attached hydrogens (tertiary/aromatic N) is 4. The number of morpholine rings is 1. The Balaban J connectivity index is 1.83. The second kappa shape index (κ2) is 12.4. The molecule has 1 aliphatic rings. The molecule has 0 radical (unpaired) electrons. The number of imidazole rings is 1. The highest BCUT2D eigenvalue weighted by molar-refractivity contribution is 7.90. The molecule has 10 heteroatoms. The molecule has 1 fully saturated rings. The van der Waals surface area contributed by atoms with E-state index in [1.165, 1.54) is 7.11 Å². The Morgan fingerprint density at radius 2 is 1.91 bits per heavy atom. The Morgan fingerprint density at radius 1 is 1.21 bits per heavy atom. The Labute approximate surface area is 202 Å². The van der Waals surface area contributed by atoms with Gasteiger partial charge in [-0.3, -0.25) is 9.69 Å². The summed E-state index contributed by atoms with van der Waals surface area (Å²) in [5, 5.41) is 0.0485. The van der Waals surface area contributed by atoms with Gasteiger partial charge in [-0.25, -0.2) is 13.4 Å². The maximum Gasteiger partial charge on any atom is 0.248 e. The van der Waals surface area contributed by atoms with Crippen LogP contribution in [0, 0.1) is 5.92 Å². The normalized spacial score (nSPS) is 15.1. The summed E-state index contributed by atoms with van der Waals surface area (Å²) in [6, 6.07) is 9.10. The molecule has 2 heterocycles. The zero-order chi connectivity index (χ0) is 24.6. The average molecular weight is 493 g/mol. The fourth-order valence-electron chi connectivity index (χ4n) is 3.97. The van der Waals surface area contributed by atoms with E-state index in [1.807, 2.05) is 32.0 Å². The van der Waals surface area contributed by atoms with Crippen LogP contribution in [-0.2, 0) is 42.9 Å². The summed E-state index contributed by atoms with van der Waals surface area (Å²) < 4.78 is 38.8. The van der Waals surface area contributed by atoms with Gasteiger partial charge in [-0.2, -0.15) is 0 Å². The van der Waals surface area contributed by atoms with Crippen molar-refractivity contribution >= 4 is 15.7 Å². The van der Waals surface area contributed by atoms with Gasteiger partial charge in [0.2, 0.25) is 20.9 Å². The average Bonchev–Trinajstić information content (AvgIpc) is 3.20. The van der Waals surface area contributed by atoms with Gasteiger partial charge in [0, 0.05) is 39.8 Å². The highest BCUT2D eigenvalue weighted by Gasteiger charge is 2.26. The van der Waals surface area contributed by atoms with Gasteiger partial charge in [0.1, 0.15) is 6.61 Å². The van der Waals surface area contributed by atoms with Gasteiger partial charge >= 0.3 is 0 Å². The Bertz CT molecular complexity index is 1020. The van der Waals surface area contributed by atoms with Crippen LogP contribution in [0.25, 0.3) is 0 Å². The fourth-order valence-corrected chi connectivity index (χ4v) is 5.48. The van der Waals surface area contributed by atoms with E-state index in [4.69, 9.17) is 9.47 Å². The standard InChI is InChI=1S/C24H36N4O5S/c1-20(2)16-28-22(15-25-24(28)34(30,31)19-21-7-5-4-6-8-21)17-27(23(29)18-32-3)10-9-26-11-13-33-14-12-26/h4-8,15,20H,9-14,16-19H2,1-3H3. The Hall–Kier alpha value is -2.27. The van der Waals surface area contributed by atoms with Gasteiger partial charge in [-0.1, -0.05) is 44.2 Å². The minimum atomic E-state index is -3.66. The third kappa shape index (κ3) is 7.36. The third-order valence-corrected chi connectivity index (χ3v) is 7.29. The molecule has 1 aromatic heterocycles. The van der Waals surface area contributed by atoms with Gasteiger partial charge in [0.05, 0.1) is 37.4 Å². The molecule has 9 nitrogen and oxygen atoms in total. The van der Waals surface area contributed by atoms with Crippen molar-refractivity contribution in [2.75, 3.05) is 53.1 Å². The number of ether oxygens (including phenoxy) is 2. The highest BCUT2D eigenvalue weighted by Crippen LogP contribution is 2.20. The van der Waals surface area contributed by atoms with E-state index < -0.39 is 9.84 Å². The quantitative estimate of drug-likeness (QED) is 0.446. The molecule has 1 saturated heterocycles. The first-order valence-electron chi connectivity index (χ1n) is 11.7. The molecule has 34 heavy (non-hydrogen) atoms. The minimum absolute atomic E-state index is 0.0272. The van der Waals surface area contributed by atoms with E-state index in [-0.39, 0.29) is 35.9 Å². The summed E-state index contributed by atoms with van der Waals surface area (Å²) in [6.45, 7) is 9.08. The molecule has 2 aromatic rings. The first-order valence-corrected chi connectivity index (χ1v) is 13.3. The van der Waals surface area contributed by atoms with Crippen molar-refractivity contribution in [2.24, 2.45) is 5.92 Å². The largest absolute Gasteiger partial charge is 0.379 e. The van der Waals surface area contributed by atoms with Crippen LogP contribution in [0.2, 0.25) is 0 Å². The van der Waals surface area contributed by atoms with Gasteiger partial charge in [0.25, 0.3) is 0 Å². The number of carbonyl (C=O) groups excluding carboxylic acids is 1. The second-order valence-electron chi connectivity index (χ2n) is 8.98. The zero-order valence-corrected chi connectivity index (χ0v) is 21.2. The molecule has 1 aromatic carbocycles. The van der Waals surface area contributed by atoms with E-state index in [1.54, 1.807) is 27.8 Å². The number of hydrogen-bond acceptors (Lipinski definition) is 7. The molecule has 1 aliphatic heterocycles. The van der Waals surface area contributed by atoms with Crippen molar-refractivity contribution in [3.63, 3.8) is 0 Å². The number of hydrogen-bond donors (Lipinski definition) is 0. The topological polar surface area (TPSA) is 94.0 Å². The summed E-state index contributed by atoms with van der Waals surface area (Å²) in [7, 11) is -2.17. The summed E-state index contributed by atoms with van der Waals surface area (Å²) in [4.78, 5) is 21.1. The zero-order valence-electron chi connectivity index (χ0n) is 20.4. The molecule has 0 unspecified atom stereocenters. The molecule has 0 N–H and O–H groups in total. The van der Waals surface area contributed by atoms with Gasteiger partial charge in [0.15, 0.2) is 0 Å². The first-order chi connectivity index (χ1) is 16.3. The summed E-state index contributed by atoms with van der Waals surface area (Å²) in [5.41, 5.74) is 1.41. The molecule has 0 atom stereocenters. The van der Waals surface area contributed by atoms with Crippen LogP contribution in [-0.4, -0.2) is 86.8 Å². The lowest BCUT2D eigenvalue weighted by atomic mass is 10.2. The predicted molar refractivity (Wildman–Crippen MR) is 129 cm³/mol. The highest BCUT2D eigenvalue weighted by atomic mass is 32.2. The Morgan fingerprint density at radius 3 is 2.56 bits per heavy atom. The van der Waals surface area contributed by atoms with E-state index in [2.05, 4.69) is 9.88 Å². The molecular weight excluding hydrogens is 456 g/mol. The monoisotopic (exact) mass is 492 g/mol. The van der Waals surface area contributed by atoms with Gasteiger partial charge in [-0.15, -0.1) is 0 Å². The van der Waals surface area contributed by atoms with E-state index in [0.717, 1.165) is 19.6 Å². The van der Waals surface area contributed by atoms with E-state index in [0.29, 0.717) is 37.6 Å². The van der Waals surface area contributed by atoms with Crippen LogP contribution in [0.15, 0.2) is 41.7 Å². The fraction of sp³-hybridized carbons (Fsp3) is 0.583. The Kier molecular flexibility index (Phi) is 9.63. The van der Waals surface area contributed by atoms with Crippen LogP contribution in [0.4, 0.5) is 0 Å². The predicted octanol–water partition coefficient (Wildman–Crippen LogP) is 1.82. The van der Waals surface area contributed by atoms with Crippen LogP contribution in [0.3, 0.4) is 0 Å². The molecule has 0 aliphatic carbocycles. The van der Waals surface area contributed by atoms with Crippen LogP contribution in [0.5, 0.6) is 0 Å². The van der Waals surface area contributed by atoms with Crippen molar-refractivity contribution in [3.8, 4) is 0 Å². The first kappa shape index (κ1) is 26.3. The van der Waals surface area contributed by atoms with Crippen molar-refractivity contribution in [1.82, 2.24) is 19.4 Å². The maximum atomic E-state index is 13.3. The molecule has 1 amide bonds. The third-order valence-electron chi connectivity index (χ3n) is 5.69. The van der Waals surface area contributed by atoms with Crippen LogP contribution >= 0.6 is 0 Å². The van der Waals surface area contributed by atoms with Crippen LogP contribution < -0.4 is 0 Å². The molecule has 188 valence electrons. The molecule has 0 saturated carbocycles. The number of aromatic nitrogens is 2. The lowest BCUT2D eigenvalue weighted by molar-refractivity contribution is -0.136. The van der Waals surface area contributed by atoms with Crippen molar-refractivity contribution in [3.05, 3.63) is 47.8 Å². The van der Waals surface area contributed by atoms with Crippen molar-refractivity contribution in [1.29, 1.82) is 0 Å². The van der Waals surface area contributed by atoms with Crippen molar-refractivity contribution in [2.45, 2.75) is 37.8 Å². The molecule has 0 bridgehead atoms. The SMILES string of the molecule is COCC(=O)N(CCN1CCOCC1)Cc1cnc(S(=O)(=O)Cc2ccccc2)n1CC(C)C. The molecule has 3 rings (SSSR count). The van der Waals surface area contributed by atoms with Gasteiger partial charge in [-0.05, 0) is 11.5 Å².